The minimum atomic E-state index is -0.515. The second kappa shape index (κ2) is 7.08. The quantitative estimate of drug-likeness (QED) is 0.502. The minimum Gasteiger partial charge on any atom is -0.504 e. The van der Waals surface area contributed by atoms with Gasteiger partial charge in [-0.3, -0.25) is 14.9 Å². The molecule has 0 saturated carbocycles. The maximum atomic E-state index is 11.9. The number of nitrogens with zero attached hydrogens (tertiary/aromatic N) is 1. The average Bonchev–Trinajstić information content (AvgIpc) is 2.53. The zero-order valence-corrected chi connectivity index (χ0v) is 12.2. The van der Waals surface area contributed by atoms with Crippen molar-refractivity contribution >= 4 is 23.4 Å². The molecule has 0 saturated heterocycles. The molecule has 0 bridgehead atoms. The van der Waals surface area contributed by atoms with Crippen LogP contribution in [0.1, 0.15) is 5.56 Å². The monoisotopic (exact) mass is 314 g/mol. The maximum Gasteiger partial charge on any atom is 0.276 e. The normalized spacial score (nSPS) is 10.5. The number of benzene rings is 2. The average molecular weight is 314 g/mol. The molecule has 0 aliphatic rings. The van der Waals surface area contributed by atoms with Crippen molar-refractivity contribution in [3.8, 4) is 11.5 Å². The van der Waals surface area contributed by atoms with Gasteiger partial charge in [-0.15, -0.1) is 0 Å². The van der Waals surface area contributed by atoms with Gasteiger partial charge in [-0.25, -0.2) is 0 Å². The van der Waals surface area contributed by atoms with E-state index in [4.69, 9.17) is 4.74 Å². The summed E-state index contributed by atoms with van der Waals surface area (Å²) in [5.41, 5.74) is 0.615. The first-order chi connectivity index (χ1) is 11.0. The number of anilines is 1. The Labute approximate surface area is 132 Å². The highest BCUT2D eigenvalue weighted by Gasteiger charge is 2.10. The van der Waals surface area contributed by atoms with Gasteiger partial charge in [0.15, 0.2) is 11.5 Å². The van der Waals surface area contributed by atoms with Crippen molar-refractivity contribution in [2.45, 2.75) is 0 Å². The zero-order valence-electron chi connectivity index (χ0n) is 12.2. The second-order valence-electron chi connectivity index (χ2n) is 4.53. The molecule has 2 aromatic rings. The number of carbonyl (C=O) groups excluding carboxylic acids is 1. The molecule has 0 unspecified atom stereocenters. The summed E-state index contributed by atoms with van der Waals surface area (Å²) in [7, 11) is 1.42. The van der Waals surface area contributed by atoms with Crippen molar-refractivity contribution in [3.63, 3.8) is 0 Å². The number of phenols is 1. The lowest BCUT2D eigenvalue weighted by molar-refractivity contribution is -0.385. The Hall–Kier alpha value is -3.35. The highest BCUT2D eigenvalue weighted by Crippen LogP contribution is 2.28. The number of hydrogen-bond acceptors (Lipinski definition) is 5. The summed E-state index contributed by atoms with van der Waals surface area (Å²) in [6.07, 6.45) is 2.54. The summed E-state index contributed by atoms with van der Waals surface area (Å²) in [6, 6.07) is 10.5. The molecule has 0 aliphatic carbocycles. The lowest BCUT2D eigenvalue weighted by Gasteiger charge is -2.06. The molecule has 0 atom stereocenters. The molecule has 2 N–H and O–H groups in total. The van der Waals surface area contributed by atoms with Crippen LogP contribution in [0.5, 0.6) is 11.5 Å². The van der Waals surface area contributed by atoms with Crippen LogP contribution in [-0.4, -0.2) is 23.0 Å². The number of nitrogens with one attached hydrogen (secondary N) is 1. The molecule has 0 fully saturated rings. The summed E-state index contributed by atoms with van der Waals surface area (Å²) < 4.78 is 4.91. The highest BCUT2D eigenvalue weighted by atomic mass is 16.6. The molecule has 0 heterocycles. The van der Waals surface area contributed by atoms with E-state index in [0.29, 0.717) is 17.0 Å². The Morgan fingerprint density at radius 2 is 2.04 bits per heavy atom. The van der Waals surface area contributed by atoms with E-state index < -0.39 is 10.8 Å². The van der Waals surface area contributed by atoms with E-state index in [1.165, 1.54) is 37.5 Å². The van der Waals surface area contributed by atoms with E-state index in [1.54, 1.807) is 24.3 Å². The topological polar surface area (TPSA) is 102 Å². The fourth-order valence-electron chi connectivity index (χ4n) is 1.91. The Bertz CT molecular complexity index is 771. The first-order valence-electron chi connectivity index (χ1n) is 6.60. The molecule has 0 radical (unpaired) electrons. The second-order valence-corrected chi connectivity index (χ2v) is 4.53. The number of aromatic hydroxyl groups is 1. The van der Waals surface area contributed by atoms with Crippen molar-refractivity contribution in [2.24, 2.45) is 0 Å². The molecule has 2 rings (SSSR count). The van der Waals surface area contributed by atoms with E-state index in [9.17, 15) is 20.0 Å². The van der Waals surface area contributed by atoms with Gasteiger partial charge in [-0.05, 0) is 24.3 Å². The van der Waals surface area contributed by atoms with Crippen molar-refractivity contribution in [1.29, 1.82) is 0 Å². The van der Waals surface area contributed by atoms with Crippen LogP contribution in [0.15, 0.2) is 48.5 Å². The predicted octanol–water partition coefficient (Wildman–Crippen LogP) is 2.96. The Morgan fingerprint density at radius 3 is 2.70 bits per heavy atom. The summed E-state index contributed by atoms with van der Waals surface area (Å²) in [5.74, 6) is -0.292. The number of para-hydroxylation sites is 1. The van der Waals surface area contributed by atoms with Gasteiger partial charge in [0.25, 0.3) is 5.69 Å². The SMILES string of the molecule is COc1ccc(NC(=O)/C=C/c2ccccc2[N+](=O)[O-])cc1O. The third-order valence-corrected chi connectivity index (χ3v) is 2.99. The lowest BCUT2D eigenvalue weighted by atomic mass is 10.1. The van der Waals surface area contributed by atoms with Crippen LogP contribution in [0.4, 0.5) is 11.4 Å². The van der Waals surface area contributed by atoms with Crippen LogP contribution in [-0.2, 0) is 4.79 Å². The molecule has 2 aromatic carbocycles. The molecule has 7 nitrogen and oxygen atoms in total. The Balaban J connectivity index is 2.11. The first-order valence-corrected chi connectivity index (χ1v) is 6.60. The van der Waals surface area contributed by atoms with Crippen LogP contribution in [0.3, 0.4) is 0 Å². The van der Waals surface area contributed by atoms with Crippen LogP contribution in [0.2, 0.25) is 0 Å². The van der Waals surface area contributed by atoms with E-state index in [-0.39, 0.29) is 11.4 Å². The zero-order chi connectivity index (χ0) is 16.8. The van der Waals surface area contributed by atoms with Gasteiger partial charge in [0.1, 0.15) is 0 Å². The molecule has 0 aliphatic heterocycles. The number of phenolic OH excluding ortho intramolecular Hbond substituents is 1. The molecular weight excluding hydrogens is 300 g/mol. The number of rotatable bonds is 5. The van der Waals surface area contributed by atoms with Gasteiger partial charge in [-0.1, -0.05) is 12.1 Å². The summed E-state index contributed by atoms with van der Waals surface area (Å²) >= 11 is 0. The number of nitro groups is 1. The van der Waals surface area contributed by atoms with Gasteiger partial charge in [0.05, 0.1) is 17.6 Å². The van der Waals surface area contributed by atoms with Gasteiger partial charge in [0, 0.05) is 23.9 Å². The van der Waals surface area contributed by atoms with Crippen molar-refractivity contribution < 1.29 is 19.6 Å². The predicted molar refractivity (Wildman–Crippen MR) is 85.4 cm³/mol. The minimum absolute atomic E-state index is 0.0846. The van der Waals surface area contributed by atoms with E-state index >= 15 is 0 Å². The van der Waals surface area contributed by atoms with Crippen molar-refractivity contribution in [3.05, 3.63) is 64.2 Å². The largest absolute Gasteiger partial charge is 0.504 e. The Morgan fingerprint density at radius 1 is 1.30 bits per heavy atom. The summed E-state index contributed by atoms with van der Waals surface area (Å²) in [6.45, 7) is 0. The molecule has 1 amide bonds. The number of nitro benzene ring substituents is 1. The van der Waals surface area contributed by atoms with Crippen molar-refractivity contribution in [2.75, 3.05) is 12.4 Å². The third-order valence-electron chi connectivity index (χ3n) is 2.99. The number of methoxy groups -OCH3 is 1. The fraction of sp³-hybridized carbons (Fsp3) is 0.0625. The van der Waals surface area contributed by atoms with Crippen LogP contribution in [0, 0.1) is 10.1 Å². The van der Waals surface area contributed by atoms with Gasteiger partial charge < -0.3 is 15.2 Å². The number of hydrogen-bond donors (Lipinski definition) is 2. The van der Waals surface area contributed by atoms with Gasteiger partial charge in [0.2, 0.25) is 5.91 Å². The summed E-state index contributed by atoms with van der Waals surface area (Å²) in [5, 5.41) is 23.1. The van der Waals surface area contributed by atoms with E-state index in [1.807, 2.05) is 0 Å². The van der Waals surface area contributed by atoms with Crippen LogP contribution >= 0.6 is 0 Å². The van der Waals surface area contributed by atoms with Crippen molar-refractivity contribution in [1.82, 2.24) is 0 Å². The molecule has 7 heteroatoms. The molecular formula is C16H14N2O5. The smallest absolute Gasteiger partial charge is 0.276 e. The fourth-order valence-corrected chi connectivity index (χ4v) is 1.91. The van der Waals surface area contributed by atoms with Gasteiger partial charge >= 0.3 is 0 Å². The van der Waals surface area contributed by atoms with E-state index in [0.717, 1.165) is 0 Å². The van der Waals surface area contributed by atoms with Crippen LogP contribution in [0.25, 0.3) is 6.08 Å². The summed E-state index contributed by atoms with van der Waals surface area (Å²) in [4.78, 5) is 22.2. The highest BCUT2D eigenvalue weighted by molar-refractivity contribution is 6.02. The maximum absolute atomic E-state index is 11.9. The van der Waals surface area contributed by atoms with Gasteiger partial charge in [-0.2, -0.15) is 0 Å². The number of ether oxygens (including phenoxy) is 1. The number of carbonyl (C=O) groups is 1. The van der Waals surface area contributed by atoms with E-state index in [2.05, 4.69) is 5.32 Å². The number of amides is 1. The third kappa shape index (κ3) is 4.07. The molecule has 0 aromatic heterocycles. The lowest BCUT2D eigenvalue weighted by Crippen LogP contribution is -2.07. The Kier molecular flexibility index (Phi) is 4.93. The molecule has 0 spiro atoms. The standard InChI is InChI=1S/C16H14N2O5/c1-23-15-8-7-12(10-14(15)19)17-16(20)9-6-11-4-2-3-5-13(11)18(21)22/h2-10,19H,1H3,(H,17,20)/b9-6+. The molecule has 118 valence electrons. The van der Waals surface area contributed by atoms with Crippen LogP contribution < -0.4 is 10.1 Å². The first kappa shape index (κ1) is 16.0. The molecule has 23 heavy (non-hydrogen) atoms.